The summed E-state index contributed by atoms with van der Waals surface area (Å²) in [6.07, 6.45) is 6.63. The monoisotopic (exact) mass is 298 g/mol. The van der Waals surface area contributed by atoms with E-state index in [1.807, 2.05) is 7.05 Å². The van der Waals surface area contributed by atoms with Crippen LogP contribution in [0.15, 0.2) is 10.8 Å². The normalized spacial score (nSPS) is 14.8. The van der Waals surface area contributed by atoms with Crippen LogP contribution in [0.2, 0.25) is 0 Å². The summed E-state index contributed by atoms with van der Waals surface area (Å²) in [5.41, 5.74) is 0. The fraction of sp³-hybridized carbons (Fsp3) is 0.667. The molecule has 4 nitrogen and oxygen atoms in total. The highest BCUT2D eigenvalue weighted by atomic mass is 79.9. The van der Waals surface area contributed by atoms with Gasteiger partial charge < -0.3 is 10.2 Å². The number of halogens is 1. The van der Waals surface area contributed by atoms with Gasteiger partial charge in [0.15, 0.2) is 0 Å². The maximum atomic E-state index is 4.43. The Hall–Kier alpha value is -0.840. The number of hydrogen-bond donors (Lipinski definition) is 1. The van der Waals surface area contributed by atoms with Gasteiger partial charge in [-0.05, 0) is 35.2 Å². The molecule has 1 saturated carbocycles. The van der Waals surface area contributed by atoms with Crippen LogP contribution in [0.4, 0.5) is 11.6 Å². The van der Waals surface area contributed by atoms with Crippen LogP contribution in [0.25, 0.3) is 0 Å². The van der Waals surface area contributed by atoms with Gasteiger partial charge in [0, 0.05) is 19.6 Å². The van der Waals surface area contributed by atoms with Crippen molar-refractivity contribution in [2.75, 3.05) is 23.8 Å². The summed E-state index contributed by atoms with van der Waals surface area (Å²) in [4.78, 5) is 11.0. The summed E-state index contributed by atoms with van der Waals surface area (Å²) >= 11 is 3.60. The number of nitrogens with zero attached hydrogens (tertiary/aromatic N) is 3. The lowest BCUT2D eigenvalue weighted by molar-refractivity contribution is 0.702. The van der Waals surface area contributed by atoms with Crippen molar-refractivity contribution in [2.45, 2.75) is 38.6 Å². The van der Waals surface area contributed by atoms with E-state index in [-0.39, 0.29) is 0 Å². The Morgan fingerprint density at radius 2 is 2.24 bits per heavy atom. The third kappa shape index (κ3) is 2.89. The molecule has 2 rings (SSSR count). The van der Waals surface area contributed by atoms with Crippen LogP contribution in [-0.4, -0.2) is 29.6 Å². The Kier molecular flexibility index (Phi) is 4.20. The smallest absolute Gasteiger partial charge is 0.148 e. The third-order valence-electron chi connectivity index (χ3n) is 3.02. The minimum atomic E-state index is 0.678. The Balaban J connectivity index is 2.22. The maximum Gasteiger partial charge on any atom is 0.148 e. The van der Waals surface area contributed by atoms with E-state index in [9.17, 15) is 0 Å². The molecule has 0 bridgehead atoms. The highest BCUT2D eigenvalue weighted by molar-refractivity contribution is 9.10. The molecule has 1 aromatic rings. The Labute approximate surface area is 111 Å². The number of anilines is 2. The molecule has 94 valence electrons. The van der Waals surface area contributed by atoms with Gasteiger partial charge in [0.1, 0.15) is 22.4 Å². The molecule has 1 heterocycles. The van der Waals surface area contributed by atoms with E-state index in [1.165, 1.54) is 25.7 Å². The van der Waals surface area contributed by atoms with Gasteiger partial charge in [-0.15, -0.1) is 0 Å². The second-order valence-electron chi connectivity index (χ2n) is 4.39. The van der Waals surface area contributed by atoms with E-state index in [0.29, 0.717) is 6.04 Å². The molecular formula is C12H19BrN4. The van der Waals surface area contributed by atoms with E-state index < -0.39 is 0 Å². The highest BCUT2D eigenvalue weighted by Gasteiger charge is 2.31. The minimum Gasteiger partial charge on any atom is -0.372 e. The summed E-state index contributed by atoms with van der Waals surface area (Å²) in [5.74, 6) is 1.89. The highest BCUT2D eigenvalue weighted by Crippen LogP contribution is 2.36. The zero-order chi connectivity index (χ0) is 12.3. The molecule has 1 aliphatic carbocycles. The van der Waals surface area contributed by atoms with Crippen LogP contribution < -0.4 is 10.2 Å². The molecule has 1 aromatic heterocycles. The predicted molar refractivity (Wildman–Crippen MR) is 74.6 cm³/mol. The summed E-state index contributed by atoms with van der Waals surface area (Å²) in [6, 6.07) is 0.678. The molecule has 0 spiro atoms. The average Bonchev–Trinajstić information content (AvgIpc) is 3.16. The molecule has 0 atom stereocenters. The number of unbranched alkanes of at least 4 members (excludes halogenated alkanes) is 1. The van der Waals surface area contributed by atoms with E-state index in [1.54, 1.807) is 6.33 Å². The Morgan fingerprint density at radius 3 is 2.82 bits per heavy atom. The van der Waals surface area contributed by atoms with Crippen LogP contribution in [0.3, 0.4) is 0 Å². The molecule has 1 aliphatic rings. The molecule has 1 N–H and O–H groups in total. The van der Waals surface area contributed by atoms with Gasteiger partial charge in [0.05, 0.1) is 0 Å². The van der Waals surface area contributed by atoms with Crippen molar-refractivity contribution >= 4 is 27.6 Å². The summed E-state index contributed by atoms with van der Waals surface area (Å²) < 4.78 is 0.977. The van der Waals surface area contributed by atoms with Gasteiger partial charge in [-0.25, -0.2) is 9.97 Å². The van der Waals surface area contributed by atoms with Crippen molar-refractivity contribution in [3.63, 3.8) is 0 Å². The lowest BCUT2D eigenvalue weighted by Crippen LogP contribution is -2.28. The van der Waals surface area contributed by atoms with Crippen molar-refractivity contribution in [1.29, 1.82) is 0 Å². The zero-order valence-corrected chi connectivity index (χ0v) is 12.0. The molecule has 17 heavy (non-hydrogen) atoms. The Bertz CT molecular complexity index is 379. The van der Waals surface area contributed by atoms with E-state index in [2.05, 4.69) is 43.0 Å². The molecule has 5 heteroatoms. The number of nitrogens with one attached hydrogen (secondary N) is 1. The molecule has 0 radical (unpaired) electrons. The van der Waals surface area contributed by atoms with Crippen LogP contribution in [-0.2, 0) is 0 Å². The third-order valence-corrected chi connectivity index (χ3v) is 3.75. The fourth-order valence-electron chi connectivity index (χ4n) is 1.91. The lowest BCUT2D eigenvalue weighted by Gasteiger charge is -2.24. The number of hydrogen-bond acceptors (Lipinski definition) is 4. The summed E-state index contributed by atoms with van der Waals surface area (Å²) in [5, 5.41) is 3.08. The first-order chi connectivity index (χ1) is 8.27. The van der Waals surface area contributed by atoms with Crippen LogP contribution in [0.1, 0.15) is 32.6 Å². The maximum absolute atomic E-state index is 4.43. The molecule has 1 fully saturated rings. The molecule has 0 aliphatic heterocycles. The summed E-state index contributed by atoms with van der Waals surface area (Å²) in [6.45, 7) is 3.30. The van der Waals surface area contributed by atoms with E-state index in [0.717, 1.165) is 22.7 Å². The van der Waals surface area contributed by atoms with Crippen molar-refractivity contribution in [3.05, 3.63) is 10.8 Å². The lowest BCUT2D eigenvalue weighted by atomic mass is 10.3. The van der Waals surface area contributed by atoms with Gasteiger partial charge >= 0.3 is 0 Å². The van der Waals surface area contributed by atoms with Crippen molar-refractivity contribution < 1.29 is 0 Å². The van der Waals surface area contributed by atoms with Gasteiger partial charge in [0.25, 0.3) is 0 Å². The van der Waals surface area contributed by atoms with Gasteiger partial charge in [-0.1, -0.05) is 13.3 Å². The first-order valence-electron chi connectivity index (χ1n) is 6.22. The minimum absolute atomic E-state index is 0.678. The topological polar surface area (TPSA) is 41.1 Å². The van der Waals surface area contributed by atoms with Crippen molar-refractivity contribution in [2.24, 2.45) is 0 Å². The van der Waals surface area contributed by atoms with Crippen LogP contribution >= 0.6 is 15.9 Å². The second kappa shape index (κ2) is 5.67. The van der Waals surface area contributed by atoms with Gasteiger partial charge in [-0.2, -0.15) is 0 Å². The fourth-order valence-corrected chi connectivity index (χ4v) is 2.54. The largest absolute Gasteiger partial charge is 0.372 e. The first-order valence-corrected chi connectivity index (χ1v) is 7.02. The number of rotatable bonds is 6. The predicted octanol–water partition coefficient (Wildman–Crippen LogP) is 3.05. The molecule has 0 saturated heterocycles. The standard InChI is InChI=1S/C12H19BrN4/c1-3-4-7-17(9-5-6-9)12-10(13)11(14-2)15-8-16-12/h8-9H,3-7H2,1-2H3,(H,14,15,16). The van der Waals surface area contributed by atoms with Gasteiger partial charge in [-0.3, -0.25) is 0 Å². The van der Waals surface area contributed by atoms with Crippen molar-refractivity contribution in [1.82, 2.24) is 9.97 Å². The van der Waals surface area contributed by atoms with E-state index in [4.69, 9.17) is 0 Å². The van der Waals surface area contributed by atoms with Crippen molar-refractivity contribution in [3.8, 4) is 0 Å². The first kappa shape index (κ1) is 12.6. The summed E-state index contributed by atoms with van der Waals surface area (Å²) in [7, 11) is 1.88. The van der Waals surface area contributed by atoms with Crippen LogP contribution in [0, 0.1) is 0 Å². The molecular weight excluding hydrogens is 280 g/mol. The zero-order valence-electron chi connectivity index (χ0n) is 10.4. The SMILES string of the molecule is CCCCN(c1ncnc(NC)c1Br)C1CC1. The Morgan fingerprint density at radius 1 is 1.47 bits per heavy atom. The van der Waals surface area contributed by atoms with Crippen LogP contribution in [0.5, 0.6) is 0 Å². The van der Waals surface area contributed by atoms with E-state index >= 15 is 0 Å². The average molecular weight is 299 g/mol. The molecule has 0 aromatic carbocycles. The quantitative estimate of drug-likeness (QED) is 0.876. The number of aromatic nitrogens is 2. The molecule has 0 amide bonds. The second-order valence-corrected chi connectivity index (χ2v) is 5.18. The molecule has 0 unspecified atom stereocenters. The van der Waals surface area contributed by atoms with Gasteiger partial charge in [0.2, 0.25) is 0 Å².